The smallest absolute Gasteiger partial charge is 0.340 e. The number of nitrogens with zero attached hydrogens (tertiary/aromatic N) is 3. The molecule has 126 valence electrons. The van der Waals surface area contributed by atoms with Gasteiger partial charge in [0, 0.05) is 20.1 Å². The van der Waals surface area contributed by atoms with Crippen molar-refractivity contribution in [2.75, 3.05) is 14.1 Å². The summed E-state index contributed by atoms with van der Waals surface area (Å²) in [4.78, 5) is 22.3. The van der Waals surface area contributed by atoms with E-state index < -0.39 is 11.7 Å². The molecule has 0 unspecified atom stereocenters. The summed E-state index contributed by atoms with van der Waals surface area (Å²) in [5, 5.41) is 0. The third-order valence-corrected chi connectivity index (χ3v) is 3.65. The number of urea groups is 1. The van der Waals surface area contributed by atoms with Crippen molar-refractivity contribution in [2.24, 2.45) is 0 Å². The fourth-order valence-corrected chi connectivity index (χ4v) is 2.10. The first kappa shape index (κ1) is 17.1. The van der Waals surface area contributed by atoms with Crippen LogP contribution in [0.1, 0.15) is 25.2 Å². The van der Waals surface area contributed by atoms with Crippen LogP contribution in [-0.2, 0) is 12.7 Å². The number of hydrogen-bond donors (Lipinski definition) is 1. The van der Waals surface area contributed by atoms with Gasteiger partial charge < -0.3 is 14.8 Å². The molecule has 0 bridgehead atoms. The van der Waals surface area contributed by atoms with E-state index >= 15 is 0 Å². The number of H-pyrrole nitrogens is 1. The minimum atomic E-state index is -4.40. The van der Waals surface area contributed by atoms with Gasteiger partial charge >= 0.3 is 12.2 Å². The Morgan fingerprint density at radius 3 is 2.52 bits per heavy atom. The molecule has 2 rings (SSSR count). The second-order valence-corrected chi connectivity index (χ2v) is 5.76. The van der Waals surface area contributed by atoms with Crippen LogP contribution < -0.4 is 0 Å². The SMILES string of the molecule is CC(C)N(C)C(=O)N(C)Cc1nc2ccc(C(F)(F)F)cc2[nH]1. The van der Waals surface area contributed by atoms with E-state index in [4.69, 9.17) is 0 Å². The van der Waals surface area contributed by atoms with Crippen molar-refractivity contribution >= 4 is 17.1 Å². The molecule has 0 aliphatic rings. The molecule has 0 saturated carbocycles. The van der Waals surface area contributed by atoms with E-state index in [1.807, 2.05) is 13.8 Å². The van der Waals surface area contributed by atoms with E-state index in [9.17, 15) is 18.0 Å². The van der Waals surface area contributed by atoms with Crippen LogP contribution in [0.3, 0.4) is 0 Å². The maximum atomic E-state index is 12.7. The van der Waals surface area contributed by atoms with E-state index in [2.05, 4.69) is 9.97 Å². The predicted molar refractivity (Wildman–Crippen MR) is 80.9 cm³/mol. The van der Waals surface area contributed by atoms with Crippen LogP contribution in [0.2, 0.25) is 0 Å². The molecule has 2 aromatic rings. The van der Waals surface area contributed by atoms with Crippen molar-refractivity contribution in [1.82, 2.24) is 19.8 Å². The molecule has 8 heteroatoms. The van der Waals surface area contributed by atoms with Crippen LogP contribution >= 0.6 is 0 Å². The molecule has 0 saturated heterocycles. The predicted octanol–water partition coefficient (Wildman–Crippen LogP) is 3.47. The number of nitrogens with one attached hydrogen (secondary N) is 1. The fraction of sp³-hybridized carbons (Fsp3) is 0.467. The van der Waals surface area contributed by atoms with Crippen LogP contribution in [0, 0.1) is 0 Å². The number of alkyl halides is 3. The van der Waals surface area contributed by atoms with Gasteiger partial charge in [-0.25, -0.2) is 9.78 Å². The maximum absolute atomic E-state index is 12.7. The van der Waals surface area contributed by atoms with E-state index in [0.29, 0.717) is 16.9 Å². The van der Waals surface area contributed by atoms with Gasteiger partial charge in [0.15, 0.2) is 0 Å². The topological polar surface area (TPSA) is 52.2 Å². The van der Waals surface area contributed by atoms with Crippen molar-refractivity contribution in [1.29, 1.82) is 0 Å². The lowest BCUT2D eigenvalue weighted by Gasteiger charge is -2.27. The van der Waals surface area contributed by atoms with Gasteiger partial charge in [-0.2, -0.15) is 13.2 Å². The lowest BCUT2D eigenvalue weighted by atomic mass is 10.2. The highest BCUT2D eigenvalue weighted by Crippen LogP contribution is 2.30. The van der Waals surface area contributed by atoms with E-state index in [0.717, 1.165) is 12.1 Å². The van der Waals surface area contributed by atoms with Crippen LogP contribution in [0.25, 0.3) is 11.0 Å². The summed E-state index contributed by atoms with van der Waals surface area (Å²) in [7, 11) is 3.31. The summed E-state index contributed by atoms with van der Waals surface area (Å²) in [5.74, 6) is 0.437. The highest BCUT2D eigenvalue weighted by atomic mass is 19.4. The zero-order valence-corrected chi connectivity index (χ0v) is 13.4. The first-order valence-electron chi connectivity index (χ1n) is 7.13. The number of rotatable bonds is 3. The van der Waals surface area contributed by atoms with Crippen molar-refractivity contribution in [3.63, 3.8) is 0 Å². The number of aromatic amines is 1. The Bertz CT molecular complexity index is 708. The number of imidazole rings is 1. The Labute approximate surface area is 132 Å². The van der Waals surface area contributed by atoms with Crippen LogP contribution in [0.4, 0.5) is 18.0 Å². The lowest BCUT2D eigenvalue weighted by Crippen LogP contribution is -2.42. The molecule has 2 amide bonds. The zero-order valence-electron chi connectivity index (χ0n) is 13.4. The van der Waals surface area contributed by atoms with Gasteiger partial charge in [0.2, 0.25) is 0 Å². The van der Waals surface area contributed by atoms with Gasteiger partial charge in [-0.15, -0.1) is 0 Å². The monoisotopic (exact) mass is 328 g/mol. The molecule has 0 aliphatic carbocycles. The van der Waals surface area contributed by atoms with Crippen molar-refractivity contribution in [2.45, 2.75) is 32.6 Å². The summed E-state index contributed by atoms with van der Waals surface area (Å²) < 4.78 is 38.1. The molecule has 0 radical (unpaired) electrons. The van der Waals surface area contributed by atoms with Crippen LogP contribution in [0.15, 0.2) is 18.2 Å². The van der Waals surface area contributed by atoms with E-state index in [1.165, 1.54) is 11.0 Å². The van der Waals surface area contributed by atoms with Gasteiger partial charge in [-0.05, 0) is 32.0 Å². The van der Waals surface area contributed by atoms with Gasteiger partial charge in [0.1, 0.15) is 5.82 Å². The quantitative estimate of drug-likeness (QED) is 0.938. The first-order chi connectivity index (χ1) is 10.6. The molecule has 5 nitrogen and oxygen atoms in total. The van der Waals surface area contributed by atoms with E-state index in [1.54, 1.807) is 19.0 Å². The molecule has 1 aromatic heterocycles. The van der Waals surface area contributed by atoms with Crippen LogP contribution in [0.5, 0.6) is 0 Å². The average molecular weight is 328 g/mol. The average Bonchev–Trinajstić information content (AvgIpc) is 2.85. The van der Waals surface area contributed by atoms with Crippen molar-refractivity contribution < 1.29 is 18.0 Å². The summed E-state index contributed by atoms with van der Waals surface area (Å²) in [6.45, 7) is 3.98. The molecule has 0 aliphatic heterocycles. The minimum Gasteiger partial charge on any atom is -0.340 e. The Balaban J connectivity index is 2.20. The summed E-state index contributed by atoms with van der Waals surface area (Å²) in [6, 6.07) is 3.20. The fourth-order valence-electron chi connectivity index (χ4n) is 2.10. The van der Waals surface area contributed by atoms with Gasteiger partial charge in [-0.1, -0.05) is 0 Å². The number of benzene rings is 1. The Kier molecular flexibility index (Phi) is 4.53. The molecule has 23 heavy (non-hydrogen) atoms. The second-order valence-electron chi connectivity index (χ2n) is 5.76. The molecular weight excluding hydrogens is 309 g/mol. The lowest BCUT2D eigenvalue weighted by molar-refractivity contribution is -0.137. The third-order valence-electron chi connectivity index (χ3n) is 3.65. The minimum absolute atomic E-state index is 0.0509. The standard InChI is InChI=1S/C15H19F3N4O/c1-9(2)22(4)14(23)21(3)8-13-19-11-6-5-10(15(16,17)18)7-12(11)20-13/h5-7,9H,8H2,1-4H3,(H,19,20). The van der Waals surface area contributed by atoms with Gasteiger partial charge in [-0.3, -0.25) is 0 Å². The largest absolute Gasteiger partial charge is 0.416 e. The summed E-state index contributed by atoms with van der Waals surface area (Å²) in [6.07, 6.45) is -4.40. The molecule has 0 atom stereocenters. The molecule has 1 N–H and O–H groups in total. The first-order valence-corrected chi connectivity index (χ1v) is 7.13. The van der Waals surface area contributed by atoms with Crippen molar-refractivity contribution in [3.8, 4) is 0 Å². The second kappa shape index (κ2) is 6.10. The number of halogens is 3. The number of hydrogen-bond acceptors (Lipinski definition) is 2. The third kappa shape index (κ3) is 3.75. The number of carbonyl (C=O) groups is 1. The molecular formula is C15H19F3N4O. The van der Waals surface area contributed by atoms with Crippen molar-refractivity contribution in [3.05, 3.63) is 29.6 Å². The maximum Gasteiger partial charge on any atom is 0.416 e. The highest BCUT2D eigenvalue weighted by molar-refractivity contribution is 5.77. The highest BCUT2D eigenvalue weighted by Gasteiger charge is 2.30. The molecule has 1 aromatic carbocycles. The number of carbonyl (C=O) groups excluding carboxylic acids is 1. The van der Waals surface area contributed by atoms with Gasteiger partial charge in [0.25, 0.3) is 0 Å². The normalized spacial score (nSPS) is 12.0. The van der Waals surface area contributed by atoms with Gasteiger partial charge in [0.05, 0.1) is 23.1 Å². The number of amides is 2. The number of aromatic nitrogens is 2. The Hall–Kier alpha value is -2.25. The Morgan fingerprint density at radius 2 is 1.96 bits per heavy atom. The Morgan fingerprint density at radius 1 is 1.30 bits per heavy atom. The van der Waals surface area contributed by atoms with Crippen LogP contribution in [-0.4, -0.2) is 45.9 Å². The number of fused-ring (bicyclic) bond motifs is 1. The summed E-state index contributed by atoms with van der Waals surface area (Å²) in [5.41, 5.74) is 0.00289. The molecule has 1 heterocycles. The zero-order chi connectivity index (χ0) is 17.4. The van der Waals surface area contributed by atoms with E-state index in [-0.39, 0.29) is 18.6 Å². The molecule has 0 fully saturated rings. The molecule has 0 spiro atoms. The summed E-state index contributed by atoms with van der Waals surface area (Å²) >= 11 is 0.